The molecule has 0 saturated heterocycles. The van der Waals surface area contributed by atoms with Gasteiger partial charge < -0.3 is 5.32 Å². The second kappa shape index (κ2) is 3.01. The van der Waals surface area contributed by atoms with Crippen LogP contribution in [0.1, 0.15) is 5.56 Å². The fraction of sp³-hybridized carbons (Fsp3) is 0.333. The second-order valence-electron chi connectivity index (χ2n) is 2.84. The van der Waals surface area contributed by atoms with Gasteiger partial charge in [-0.3, -0.25) is 0 Å². The Morgan fingerprint density at radius 3 is 3.09 bits per heavy atom. The normalized spacial score (nSPS) is 22.1. The van der Waals surface area contributed by atoms with E-state index in [0.29, 0.717) is 0 Å². The molecule has 1 aromatic rings. The molecular weight excluding hydrogens is 249 g/mol. The molecule has 0 aliphatic carbocycles. The van der Waals surface area contributed by atoms with E-state index < -0.39 is 0 Å². The van der Waals surface area contributed by atoms with Crippen LogP contribution in [0.15, 0.2) is 24.3 Å². The number of halogens is 1. The van der Waals surface area contributed by atoms with Crippen LogP contribution < -0.4 is 5.32 Å². The number of anilines is 1. The Hall–Kier alpha value is -0.250. The molecule has 0 radical (unpaired) electrons. The van der Waals surface area contributed by atoms with Crippen LogP contribution in [0, 0.1) is 0 Å². The van der Waals surface area contributed by atoms with Gasteiger partial charge in [0.1, 0.15) is 0 Å². The molecule has 1 aromatic carbocycles. The fourth-order valence-electron chi connectivity index (χ4n) is 1.40. The smallest absolute Gasteiger partial charge is 0.0373 e. The van der Waals surface area contributed by atoms with Crippen molar-refractivity contribution in [2.75, 3.05) is 11.9 Å². The first kappa shape index (κ1) is 7.40. The van der Waals surface area contributed by atoms with Gasteiger partial charge in [-0.2, -0.15) is 0 Å². The largest absolute Gasteiger partial charge is 0.384 e. The van der Waals surface area contributed by atoms with Crippen molar-refractivity contribution in [3.05, 3.63) is 29.8 Å². The summed E-state index contributed by atoms with van der Waals surface area (Å²) in [6, 6.07) is 8.54. The Bertz CT molecular complexity index is 259. The monoisotopic (exact) mass is 259 g/mol. The number of hydrogen-bond donors (Lipinski definition) is 1. The lowest BCUT2D eigenvalue weighted by atomic mass is 10.0. The van der Waals surface area contributed by atoms with Gasteiger partial charge in [-0.1, -0.05) is 40.8 Å². The summed E-state index contributed by atoms with van der Waals surface area (Å²) in [5, 5.41) is 3.40. The Balaban J connectivity index is 2.34. The van der Waals surface area contributed by atoms with Gasteiger partial charge in [0.05, 0.1) is 0 Å². The van der Waals surface area contributed by atoms with Gasteiger partial charge in [0.15, 0.2) is 0 Å². The van der Waals surface area contributed by atoms with Gasteiger partial charge in [0, 0.05) is 16.2 Å². The van der Waals surface area contributed by atoms with E-state index in [1.807, 2.05) is 0 Å². The quantitative estimate of drug-likeness (QED) is 0.557. The van der Waals surface area contributed by atoms with E-state index in [1.54, 1.807) is 0 Å². The molecule has 11 heavy (non-hydrogen) atoms. The number of fused-ring (bicyclic) bond motifs is 1. The highest BCUT2D eigenvalue weighted by Gasteiger charge is 2.13. The summed E-state index contributed by atoms with van der Waals surface area (Å²) in [6.45, 7) is 1.11. The summed E-state index contributed by atoms with van der Waals surface area (Å²) in [4.78, 5) is 0. The maximum absolute atomic E-state index is 3.40. The molecule has 0 spiro atoms. The molecule has 0 fully saturated rings. The average Bonchev–Trinajstić information content (AvgIpc) is 2.04. The zero-order valence-corrected chi connectivity index (χ0v) is 8.34. The Kier molecular flexibility index (Phi) is 2.02. The lowest BCUT2D eigenvalue weighted by Gasteiger charge is -2.21. The number of hydrogen-bond acceptors (Lipinski definition) is 1. The maximum Gasteiger partial charge on any atom is 0.0373 e. The molecule has 1 aliphatic heterocycles. The highest BCUT2D eigenvalue weighted by atomic mass is 127. The van der Waals surface area contributed by atoms with Gasteiger partial charge in [-0.05, 0) is 18.1 Å². The molecule has 0 amide bonds. The third kappa shape index (κ3) is 1.50. The fourth-order valence-corrected chi connectivity index (χ4v) is 2.10. The number of rotatable bonds is 0. The summed E-state index contributed by atoms with van der Waals surface area (Å²) < 4.78 is 0.752. The topological polar surface area (TPSA) is 12.0 Å². The molecule has 1 aliphatic rings. The van der Waals surface area contributed by atoms with Crippen molar-refractivity contribution in [2.45, 2.75) is 10.3 Å². The minimum Gasteiger partial charge on any atom is -0.384 e. The van der Waals surface area contributed by atoms with Crippen LogP contribution >= 0.6 is 22.6 Å². The number of alkyl halides is 1. The van der Waals surface area contributed by atoms with E-state index in [1.165, 1.54) is 17.7 Å². The molecule has 2 rings (SSSR count). The predicted octanol–water partition coefficient (Wildman–Crippen LogP) is 2.46. The first-order valence-electron chi connectivity index (χ1n) is 3.82. The second-order valence-corrected chi connectivity index (χ2v) is 4.60. The molecular formula is C9H10IN. The summed E-state index contributed by atoms with van der Waals surface area (Å²) in [7, 11) is 0. The summed E-state index contributed by atoms with van der Waals surface area (Å²) >= 11 is 2.49. The standard InChI is InChI=1S/C9H10IN/c10-8-5-7-3-1-2-4-9(7)11-6-8/h1-4,8,11H,5-6H2/t8-/m0/s1. The van der Waals surface area contributed by atoms with Crippen molar-refractivity contribution in [3.8, 4) is 0 Å². The van der Waals surface area contributed by atoms with Crippen molar-refractivity contribution in [2.24, 2.45) is 0 Å². The van der Waals surface area contributed by atoms with Gasteiger partial charge in [-0.15, -0.1) is 0 Å². The van der Waals surface area contributed by atoms with E-state index in [0.717, 1.165) is 10.5 Å². The summed E-state index contributed by atoms with van der Waals surface area (Å²) in [5.74, 6) is 0. The van der Waals surface area contributed by atoms with Crippen molar-refractivity contribution in [1.82, 2.24) is 0 Å². The minimum absolute atomic E-state index is 0.752. The van der Waals surface area contributed by atoms with Gasteiger partial charge >= 0.3 is 0 Å². The summed E-state index contributed by atoms with van der Waals surface area (Å²) in [6.07, 6.45) is 1.21. The van der Waals surface area contributed by atoms with Crippen LogP contribution in [0.2, 0.25) is 0 Å². The van der Waals surface area contributed by atoms with Crippen molar-refractivity contribution >= 4 is 28.3 Å². The Morgan fingerprint density at radius 2 is 2.18 bits per heavy atom. The van der Waals surface area contributed by atoms with Crippen LogP contribution in [0.5, 0.6) is 0 Å². The van der Waals surface area contributed by atoms with Crippen molar-refractivity contribution in [3.63, 3.8) is 0 Å². The van der Waals surface area contributed by atoms with Crippen LogP contribution in [0.3, 0.4) is 0 Å². The highest BCUT2D eigenvalue weighted by molar-refractivity contribution is 14.1. The average molecular weight is 259 g/mol. The lowest BCUT2D eigenvalue weighted by molar-refractivity contribution is 0.878. The van der Waals surface area contributed by atoms with Crippen LogP contribution in [-0.2, 0) is 6.42 Å². The molecule has 0 bridgehead atoms. The first-order valence-corrected chi connectivity index (χ1v) is 5.06. The van der Waals surface area contributed by atoms with Crippen molar-refractivity contribution in [1.29, 1.82) is 0 Å². The van der Waals surface area contributed by atoms with Gasteiger partial charge in [0.2, 0.25) is 0 Å². The van der Waals surface area contributed by atoms with E-state index >= 15 is 0 Å². The summed E-state index contributed by atoms with van der Waals surface area (Å²) in [5.41, 5.74) is 2.78. The number of para-hydroxylation sites is 1. The zero-order chi connectivity index (χ0) is 7.68. The lowest BCUT2D eigenvalue weighted by Crippen LogP contribution is -2.22. The molecule has 0 unspecified atom stereocenters. The minimum atomic E-state index is 0.752. The Labute approximate surface area is 80.3 Å². The van der Waals surface area contributed by atoms with E-state index in [2.05, 4.69) is 52.2 Å². The molecule has 2 heteroatoms. The molecule has 1 nitrogen and oxygen atoms in total. The zero-order valence-electron chi connectivity index (χ0n) is 6.18. The van der Waals surface area contributed by atoms with Crippen LogP contribution in [-0.4, -0.2) is 10.5 Å². The third-order valence-corrected chi connectivity index (χ3v) is 2.85. The van der Waals surface area contributed by atoms with E-state index in [-0.39, 0.29) is 0 Å². The van der Waals surface area contributed by atoms with Crippen LogP contribution in [0.25, 0.3) is 0 Å². The predicted molar refractivity (Wildman–Crippen MR) is 56.4 cm³/mol. The molecule has 0 aromatic heterocycles. The van der Waals surface area contributed by atoms with E-state index in [4.69, 9.17) is 0 Å². The number of nitrogens with one attached hydrogen (secondary N) is 1. The molecule has 1 atom stereocenters. The third-order valence-electron chi connectivity index (χ3n) is 1.97. The first-order chi connectivity index (χ1) is 5.36. The van der Waals surface area contributed by atoms with Gasteiger partial charge in [-0.25, -0.2) is 0 Å². The molecule has 58 valence electrons. The molecule has 1 heterocycles. The number of benzene rings is 1. The maximum atomic E-state index is 3.40. The molecule has 0 saturated carbocycles. The Morgan fingerprint density at radius 1 is 1.36 bits per heavy atom. The highest BCUT2D eigenvalue weighted by Crippen LogP contribution is 2.24. The van der Waals surface area contributed by atoms with Crippen LogP contribution in [0.4, 0.5) is 5.69 Å². The van der Waals surface area contributed by atoms with E-state index in [9.17, 15) is 0 Å². The molecule has 1 N–H and O–H groups in total. The van der Waals surface area contributed by atoms with Crippen molar-refractivity contribution < 1.29 is 0 Å². The SMILES string of the molecule is I[C@@H]1CNc2ccccc2C1. The van der Waals surface area contributed by atoms with Gasteiger partial charge in [0.25, 0.3) is 0 Å².